The predicted octanol–water partition coefficient (Wildman–Crippen LogP) is 4.30. The van der Waals surface area contributed by atoms with Crippen LogP contribution >= 0.6 is 15.9 Å². The maximum atomic E-state index is 10.8. The van der Waals surface area contributed by atoms with Gasteiger partial charge in [0.15, 0.2) is 0 Å². The Bertz CT molecular complexity index is 976. The van der Waals surface area contributed by atoms with Crippen molar-refractivity contribution in [2.45, 2.75) is 32.8 Å². The van der Waals surface area contributed by atoms with E-state index in [1.54, 1.807) is 6.20 Å². The van der Waals surface area contributed by atoms with Crippen LogP contribution in [0.25, 0.3) is 10.9 Å². The molecule has 27 heavy (non-hydrogen) atoms. The highest BCUT2D eigenvalue weighted by atomic mass is 79.9. The lowest BCUT2D eigenvalue weighted by atomic mass is 9.90. The fourth-order valence-corrected chi connectivity index (χ4v) is 4.51. The summed E-state index contributed by atoms with van der Waals surface area (Å²) in [6.07, 6.45) is 5.04. The summed E-state index contributed by atoms with van der Waals surface area (Å²) in [7, 11) is 1.94. The van der Waals surface area contributed by atoms with Gasteiger partial charge in [0.1, 0.15) is 11.9 Å². The molecular formula is C21H25BrN4O. The van der Waals surface area contributed by atoms with E-state index < -0.39 is 6.10 Å². The minimum Gasteiger partial charge on any atom is -0.385 e. The van der Waals surface area contributed by atoms with E-state index in [-0.39, 0.29) is 5.92 Å². The summed E-state index contributed by atoms with van der Waals surface area (Å²) in [5, 5.41) is 12.0. The molecule has 0 amide bonds. The van der Waals surface area contributed by atoms with Gasteiger partial charge in [-0.1, -0.05) is 15.9 Å². The molecule has 1 aliphatic heterocycles. The molecule has 1 saturated heterocycles. The molecule has 1 fully saturated rings. The van der Waals surface area contributed by atoms with Gasteiger partial charge >= 0.3 is 0 Å². The predicted molar refractivity (Wildman–Crippen MR) is 112 cm³/mol. The van der Waals surface area contributed by atoms with E-state index in [1.165, 1.54) is 16.6 Å². The monoisotopic (exact) mass is 428 g/mol. The van der Waals surface area contributed by atoms with Crippen LogP contribution in [0.5, 0.6) is 0 Å². The first kappa shape index (κ1) is 18.4. The van der Waals surface area contributed by atoms with Crippen molar-refractivity contribution in [3.05, 3.63) is 52.1 Å². The Labute approximate surface area is 168 Å². The van der Waals surface area contributed by atoms with Gasteiger partial charge in [-0.25, -0.2) is 4.98 Å². The largest absolute Gasteiger partial charge is 0.385 e. The number of nitrogens with zero attached hydrogens (tertiary/aromatic N) is 4. The number of anilines is 1. The first-order chi connectivity index (χ1) is 13.0. The molecular weight excluding hydrogens is 404 g/mol. The zero-order valence-corrected chi connectivity index (χ0v) is 17.6. The van der Waals surface area contributed by atoms with Crippen LogP contribution in [0.1, 0.15) is 36.0 Å². The fraction of sp³-hybridized carbons (Fsp3) is 0.429. The number of benzene rings is 1. The van der Waals surface area contributed by atoms with Gasteiger partial charge in [-0.05, 0) is 56.4 Å². The van der Waals surface area contributed by atoms with Crippen LogP contribution in [-0.4, -0.2) is 32.7 Å². The average molecular weight is 429 g/mol. The second-order valence-corrected chi connectivity index (χ2v) is 8.41. The summed E-state index contributed by atoms with van der Waals surface area (Å²) in [5.74, 6) is 1.00. The molecule has 0 radical (unpaired) electrons. The van der Waals surface area contributed by atoms with Crippen molar-refractivity contribution >= 4 is 32.5 Å². The van der Waals surface area contributed by atoms with E-state index in [9.17, 15) is 5.11 Å². The zero-order valence-electron chi connectivity index (χ0n) is 16.0. The molecule has 1 unspecified atom stereocenters. The van der Waals surface area contributed by atoms with E-state index in [1.807, 2.05) is 23.9 Å². The number of hydrogen-bond donors (Lipinski definition) is 1. The Morgan fingerprint density at radius 3 is 2.63 bits per heavy atom. The number of aliphatic hydroxyl groups excluding tert-OH is 1. The Hall–Kier alpha value is -1.92. The molecule has 0 aliphatic carbocycles. The van der Waals surface area contributed by atoms with Gasteiger partial charge < -0.3 is 14.6 Å². The van der Waals surface area contributed by atoms with Crippen LogP contribution in [0, 0.1) is 19.8 Å². The number of aliphatic hydroxyl groups is 1. The molecule has 0 spiro atoms. The van der Waals surface area contributed by atoms with E-state index >= 15 is 0 Å². The minimum atomic E-state index is -0.502. The molecule has 1 N–H and O–H groups in total. The lowest BCUT2D eigenvalue weighted by Gasteiger charge is -2.37. The highest BCUT2D eigenvalue weighted by Gasteiger charge is 2.29. The molecule has 1 atom stereocenters. The molecule has 5 nitrogen and oxygen atoms in total. The number of rotatable bonds is 3. The molecule has 4 rings (SSSR count). The molecule has 1 aliphatic rings. The van der Waals surface area contributed by atoms with Gasteiger partial charge in [0.05, 0.1) is 11.2 Å². The summed E-state index contributed by atoms with van der Waals surface area (Å²) in [6.45, 7) is 6.10. The Morgan fingerprint density at radius 1 is 1.22 bits per heavy atom. The summed E-state index contributed by atoms with van der Waals surface area (Å²) >= 11 is 3.60. The van der Waals surface area contributed by atoms with Crippen molar-refractivity contribution in [2.24, 2.45) is 13.0 Å². The fourth-order valence-electron chi connectivity index (χ4n) is 4.15. The van der Waals surface area contributed by atoms with Crippen LogP contribution in [0.3, 0.4) is 0 Å². The second-order valence-electron chi connectivity index (χ2n) is 7.50. The highest BCUT2D eigenvalue weighted by molar-refractivity contribution is 9.10. The van der Waals surface area contributed by atoms with Crippen LogP contribution in [-0.2, 0) is 7.05 Å². The number of aryl methyl sites for hydroxylation is 2. The third-order valence-electron chi connectivity index (χ3n) is 5.83. The smallest absolute Gasteiger partial charge is 0.137 e. The van der Waals surface area contributed by atoms with Gasteiger partial charge in [0.2, 0.25) is 0 Å². The van der Waals surface area contributed by atoms with Gasteiger partial charge in [-0.15, -0.1) is 0 Å². The minimum absolute atomic E-state index is 0.239. The SMILES string of the molecule is Cc1nc2ccc(Br)cc2c(N2CCC(C(O)c3nccn3C)CC2)c1C. The number of pyridine rings is 1. The van der Waals surface area contributed by atoms with Crippen molar-refractivity contribution < 1.29 is 5.11 Å². The molecule has 142 valence electrons. The normalized spacial score (nSPS) is 16.9. The maximum Gasteiger partial charge on any atom is 0.137 e. The average Bonchev–Trinajstić information content (AvgIpc) is 3.09. The van der Waals surface area contributed by atoms with Crippen molar-refractivity contribution in [3.8, 4) is 0 Å². The van der Waals surface area contributed by atoms with Gasteiger partial charge in [-0.3, -0.25) is 4.98 Å². The van der Waals surface area contributed by atoms with Gasteiger partial charge in [0, 0.05) is 48.1 Å². The van der Waals surface area contributed by atoms with E-state index in [0.717, 1.165) is 47.4 Å². The van der Waals surface area contributed by atoms with Crippen LogP contribution in [0.4, 0.5) is 5.69 Å². The Kier molecular flexibility index (Phi) is 4.95. The summed E-state index contributed by atoms with van der Waals surface area (Å²) in [5.41, 5.74) is 4.63. The molecule has 3 aromatic rings. The number of piperidine rings is 1. The van der Waals surface area contributed by atoms with Crippen LogP contribution < -0.4 is 4.90 Å². The summed E-state index contributed by atoms with van der Waals surface area (Å²) in [6, 6.07) is 6.29. The van der Waals surface area contributed by atoms with Crippen molar-refractivity contribution in [3.63, 3.8) is 0 Å². The summed E-state index contributed by atoms with van der Waals surface area (Å²) in [4.78, 5) is 11.5. The third-order valence-corrected chi connectivity index (χ3v) is 6.32. The van der Waals surface area contributed by atoms with Crippen LogP contribution in [0.15, 0.2) is 35.1 Å². The maximum absolute atomic E-state index is 10.8. The highest BCUT2D eigenvalue weighted by Crippen LogP contribution is 2.37. The molecule has 3 heterocycles. The number of fused-ring (bicyclic) bond motifs is 1. The Balaban J connectivity index is 1.61. The van der Waals surface area contributed by atoms with Crippen molar-refractivity contribution in [1.29, 1.82) is 0 Å². The third kappa shape index (κ3) is 3.36. The lowest BCUT2D eigenvalue weighted by molar-refractivity contribution is 0.0825. The number of halogens is 1. The van der Waals surface area contributed by atoms with E-state index in [2.05, 4.69) is 51.8 Å². The summed E-state index contributed by atoms with van der Waals surface area (Å²) < 4.78 is 2.99. The van der Waals surface area contributed by atoms with E-state index in [4.69, 9.17) is 4.98 Å². The molecule has 0 bridgehead atoms. The first-order valence-corrected chi connectivity index (χ1v) is 10.2. The topological polar surface area (TPSA) is 54.2 Å². The van der Waals surface area contributed by atoms with Gasteiger partial charge in [-0.2, -0.15) is 0 Å². The number of aromatic nitrogens is 3. The number of imidazole rings is 1. The Morgan fingerprint density at radius 2 is 1.96 bits per heavy atom. The van der Waals surface area contributed by atoms with Crippen molar-refractivity contribution in [1.82, 2.24) is 14.5 Å². The second kappa shape index (κ2) is 7.24. The first-order valence-electron chi connectivity index (χ1n) is 9.42. The molecule has 6 heteroatoms. The molecule has 0 saturated carbocycles. The quantitative estimate of drug-likeness (QED) is 0.675. The number of hydrogen-bond acceptors (Lipinski definition) is 4. The van der Waals surface area contributed by atoms with E-state index in [0.29, 0.717) is 0 Å². The molecule has 1 aromatic carbocycles. The lowest BCUT2D eigenvalue weighted by Crippen LogP contribution is -2.36. The molecule has 2 aromatic heterocycles. The van der Waals surface area contributed by atoms with Crippen LogP contribution in [0.2, 0.25) is 0 Å². The van der Waals surface area contributed by atoms with Gasteiger partial charge in [0.25, 0.3) is 0 Å². The standard InChI is InChI=1S/C21H25BrN4O/c1-13-14(2)24-18-5-4-16(22)12-17(18)19(13)26-9-6-15(7-10-26)20(27)21-23-8-11-25(21)3/h4-5,8,11-12,15,20,27H,6-7,9-10H2,1-3H3. The van der Waals surface area contributed by atoms with Crippen molar-refractivity contribution in [2.75, 3.05) is 18.0 Å². The zero-order chi connectivity index (χ0) is 19.1.